The molecule has 1 N–H and O–H groups in total. The van der Waals surface area contributed by atoms with Gasteiger partial charge < -0.3 is 28.4 Å². The van der Waals surface area contributed by atoms with Crippen molar-refractivity contribution in [3.8, 4) is 0 Å². The summed E-state index contributed by atoms with van der Waals surface area (Å²) in [7, 11) is 0. The highest BCUT2D eigenvalue weighted by Gasteiger charge is 2.54. The van der Waals surface area contributed by atoms with Crippen LogP contribution in [0.25, 0.3) is 0 Å². The molecule has 44 heavy (non-hydrogen) atoms. The molecule has 0 aromatic heterocycles. The Balaban J connectivity index is 1.72. The zero-order valence-corrected chi connectivity index (χ0v) is 25.5. The Labute approximate surface area is 268 Å². The first-order valence-corrected chi connectivity index (χ1v) is 14.4. The maximum Gasteiger partial charge on any atom is 0.338 e. The van der Waals surface area contributed by atoms with Crippen LogP contribution in [0.15, 0.2) is 91.0 Å². The SMILES string of the molecule is CC(=O)O[C@@H]1[C@@H](OC(=N)C(Cl)(Cl)Cl)O[C@H](COCc2ccccc2)[C@@H](OC(=O)c2ccccc2)[C@@H]1OC(=O)c1ccccc1. The lowest BCUT2D eigenvalue weighted by Gasteiger charge is -2.44. The van der Waals surface area contributed by atoms with E-state index in [1.807, 2.05) is 30.3 Å². The van der Waals surface area contributed by atoms with Gasteiger partial charge in [0.1, 0.15) is 6.10 Å². The third kappa shape index (κ3) is 9.17. The second-order valence-electron chi connectivity index (χ2n) is 9.53. The van der Waals surface area contributed by atoms with E-state index in [0.717, 1.165) is 12.5 Å². The number of ether oxygens (including phenoxy) is 6. The van der Waals surface area contributed by atoms with Gasteiger partial charge in [0, 0.05) is 6.92 Å². The van der Waals surface area contributed by atoms with Gasteiger partial charge in [-0.15, -0.1) is 0 Å². The highest BCUT2D eigenvalue weighted by molar-refractivity contribution is 6.76. The van der Waals surface area contributed by atoms with Crippen molar-refractivity contribution in [3.63, 3.8) is 0 Å². The van der Waals surface area contributed by atoms with Crippen LogP contribution in [-0.2, 0) is 39.8 Å². The first-order chi connectivity index (χ1) is 21.0. The standard InChI is InChI=1S/C31H28Cl3NO9/c1-19(36)40-26-25(43-28(38)22-15-9-4-10-16-22)24(42-27(37)21-13-7-3-8-14-21)23(18-39-17-20-11-5-2-6-12-20)41-29(26)44-30(35)31(32,33)34/h2-16,23-26,29,35H,17-18H2,1H3/t23-,24-,25+,26+,29-/m1/s1. The van der Waals surface area contributed by atoms with E-state index < -0.39 is 58.3 Å². The highest BCUT2D eigenvalue weighted by atomic mass is 35.6. The van der Waals surface area contributed by atoms with Gasteiger partial charge in [-0.25, -0.2) is 9.59 Å². The van der Waals surface area contributed by atoms with Gasteiger partial charge >= 0.3 is 17.9 Å². The first-order valence-electron chi connectivity index (χ1n) is 13.3. The molecule has 0 amide bonds. The van der Waals surface area contributed by atoms with Crippen LogP contribution >= 0.6 is 34.8 Å². The summed E-state index contributed by atoms with van der Waals surface area (Å²) in [5.74, 6) is -3.28. The molecular weight excluding hydrogens is 637 g/mol. The van der Waals surface area contributed by atoms with Crippen LogP contribution < -0.4 is 0 Å². The van der Waals surface area contributed by atoms with Gasteiger partial charge in [0.05, 0.1) is 24.3 Å². The fraction of sp³-hybridized carbons (Fsp3) is 0.290. The second kappa shape index (κ2) is 15.4. The first kappa shape index (κ1) is 33.2. The average Bonchev–Trinajstić information content (AvgIpc) is 3.01. The zero-order valence-electron chi connectivity index (χ0n) is 23.3. The normalized spacial score (nSPS) is 21.5. The fourth-order valence-electron chi connectivity index (χ4n) is 4.28. The predicted molar refractivity (Wildman–Crippen MR) is 161 cm³/mol. The third-order valence-corrected chi connectivity index (χ3v) is 6.80. The summed E-state index contributed by atoms with van der Waals surface area (Å²) in [6.07, 6.45) is -7.32. The van der Waals surface area contributed by atoms with E-state index in [1.54, 1.807) is 36.4 Å². The number of halogens is 3. The van der Waals surface area contributed by atoms with Gasteiger partial charge in [-0.1, -0.05) is 102 Å². The van der Waals surface area contributed by atoms with Gasteiger partial charge in [-0.05, 0) is 29.8 Å². The molecule has 0 aliphatic carbocycles. The van der Waals surface area contributed by atoms with Crippen LogP contribution in [-0.4, -0.2) is 64.9 Å². The van der Waals surface area contributed by atoms with Crippen LogP contribution in [0.5, 0.6) is 0 Å². The van der Waals surface area contributed by atoms with E-state index in [2.05, 4.69) is 0 Å². The Morgan fingerprint density at radius 1 is 0.727 bits per heavy atom. The maximum absolute atomic E-state index is 13.3. The number of rotatable bonds is 10. The van der Waals surface area contributed by atoms with E-state index in [4.69, 9.17) is 68.6 Å². The summed E-state index contributed by atoms with van der Waals surface area (Å²) in [4.78, 5) is 38.9. The third-order valence-electron chi connectivity index (χ3n) is 6.28. The van der Waals surface area contributed by atoms with E-state index >= 15 is 0 Å². The Kier molecular flexibility index (Phi) is 11.6. The Hall–Kier alpha value is -3.67. The molecule has 1 heterocycles. The fourth-order valence-corrected chi connectivity index (χ4v) is 4.42. The number of nitrogens with one attached hydrogen (secondary N) is 1. The quantitative estimate of drug-likeness (QED) is 0.0957. The number of esters is 3. The molecule has 3 aromatic carbocycles. The molecular formula is C31H28Cl3NO9. The Bertz CT molecular complexity index is 1420. The van der Waals surface area contributed by atoms with Crippen molar-refractivity contribution in [2.75, 3.05) is 6.61 Å². The number of carbonyl (C=O) groups excluding carboxylic acids is 3. The van der Waals surface area contributed by atoms with Crippen molar-refractivity contribution < 1.29 is 42.8 Å². The highest BCUT2D eigenvalue weighted by Crippen LogP contribution is 2.34. The lowest BCUT2D eigenvalue weighted by atomic mass is 9.97. The van der Waals surface area contributed by atoms with Crippen molar-refractivity contribution in [1.82, 2.24) is 0 Å². The molecule has 4 rings (SSSR count). The summed E-state index contributed by atoms with van der Waals surface area (Å²) < 4.78 is 32.4. The predicted octanol–water partition coefficient (Wildman–Crippen LogP) is 5.68. The van der Waals surface area contributed by atoms with Crippen LogP contribution in [0.4, 0.5) is 0 Å². The molecule has 232 valence electrons. The van der Waals surface area contributed by atoms with Crippen LogP contribution in [0.3, 0.4) is 0 Å². The van der Waals surface area contributed by atoms with Crippen molar-refractivity contribution >= 4 is 58.6 Å². The molecule has 0 radical (unpaired) electrons. The van der Waals surface area contributed by atoms with Gasteiger partial charge in [0.25, 0.3) is 3.79 Å². The van der Waals surface area contributed by atoms with Crippen molar-refractivity contribution in [1.29, 1.82) is 5.41 Å². The number of hydrogen-bond acceptors (Lipinski definition) is 10. The molecule has 10 nitrogen and oxygen atoms in total. The maximum atomic E-state index is 13.3. The molecule has 5 atom stereocenters. The van der Waals surface area contributed by atoms with Crippen LogP contribution in [0, 0.1) is 5.41 Å². The second-order valence-corrected chi connectivity index (χ2v) is 11.8. The molecule has 0 bridgehead atoms. The van der Waals surface area contributed by atoms with E-state index in [0.29, 0.717) is 0 Å². The minimum Gasteiger partial charge on any atom is -0.452 e. The van der Waals surface area contributed by atoms with Crippen LogP contribution in [0.2, 0.25) is 0 Å². The summed E-state index contributed by atoms with van der Waals surface area (Å²) in [5, 5.41) is 8.12. The Morgan fingerprint density at radius 3 is 1.73 bits per heavy atom. The summed E-state index contributed by atoms with van der Waals surface area (Å²) in [6.45, 7) is 1.04. The molecule has 0 spiro atoms. The topological polar surface area (TPSA) is 130 Å². The largest absolute Gasteiger partial charge is 0.452 e. The minimum atomic E-state index is -2.31. The van der Waals surface area contributed by atoms with E-state index in [-0.39, 0.29) is 24.3 Å². The smallest absolute Gasteiger partial charge is 0.338 e. The van der Waals surface area contributed by atoms with Gasteiger partial charge in [0.2, 0.25) is 18.3 Å². The minimum absolute atomic E-state index is 0.150. The number of alkyl halides is 3. The van der Waals surface area contributed by atoms with E-state index in [1.165, 1.54) is 24.3 Å². The molecule has 1 aliphatic heterocycles. The van der Waals surface area contributed by atoms with E-state index in [9.17, 15) is 14.4 Å². The van der Waals surface area contributed by atoms with Gasteiger partial charge in [0.15, 0.2) is 12.2 Å². The average molecular weight is 665 g/mol. The molecule has 0 unspecified atom stereocenters. The lowest BCUT2D eigenvalue weighted by Crippen LogP contribution is -2.63. The molecule has 1 saturated heterocycles. The lowest BCUT2D eigenvalue weighted by molar-refractivity contribution is -0.286. The number of hydrogen-bond donors (Lipinski definition) is 1. The monoisotopic (exact) mass is 663 g/mol. The zero-order chi connectivity index (χ0) is 31.7. The molecule has 1 aliphatic rings. The molecule has 1 fully saturated rings. The molecule has 0 saturated carbocycles. The summed E-state index contributed by atoms with van der Waals surface area (Å²) in [5.41, 5.74) is 1.21. The van der Waals surface area contributed by atoms with Crippen LogP contribution in [0.1, 0.15) is 33.2 Å². The number of carbonyl (C=O) groups is 3. The Morgan fingerprint density at radius 2 is 1.23 bits per heavy atom. The molecule has 13 heteroatoms. The summed E-state index contributed by atoms with van der Waals surface area (Å²) in [6, 6.07) is 25.3. The van der Waals surface area contributed by atoms with Gasteiger partial charge in [-0.2, -0.15) is 0 Å². The van der Waals surface area contributed by atoms with Crippen molar-refractivity contribution in [2.45, 2.75) is 48.0 Å². The van der Waals surface area contributed by atoms with Crippen molar-refractivity contribution in [3.05, 3.63) is 108 Å². The molecule has 3 aromatic rings. The van der Waals surface area contributed by atoms with Gasteiger partial charge in [-0.3, -0.25) is 10.2 Å². The number of benzene rings is 3. The summed E-state index contributed by atoms with van der Waals surface area (Å²) >= 11 is 17.5. The van der Waals surface area contributed by atoms with Crippen molar-refractivity contribution in [2.24, 2.45) is 0 Å².